The number of nitrogens with one attached hydrogen (secondary N) is 2. The minimum atomic E-state index is -0.210. The Morgan fingerprint density at radius 1 is 1.36 bits per heavy atom. The van der Waals surface area contributed by atoms with E-state index in [4.69, 9.17) is 0 Å². The third kappa shape index (κ3) is 3.99. The molecule has 0 spiro atoms. The van der Waals surface area contributed by atoms with Crippen molar-refractivity contribution < 1.29 is 9.59 Å². The summed E-state index contributed by atoms with van der Waals surface area (Å²) in [6, 6.07) is 9.67. The van der Waals surface area contributed by atoms with Gasteiger partial charge in [-0.25, -0.2) is 4.68 Å². The maximum atomic E-state index is 12.6. The van der Waals surface area contributed by atoms with Crippen LogP contribution in [-0.4, -0.2) is 46.6 Å². The maximum absolute atomic E-state index is 12.6. The summed E-state index contributed by atoms with van der Waals surface area (Å²) in [5.74, 6) is 0.803. The zero-order valence-electron chi connectivity index (χ0n) is 14.5. The van der Waals surface area contributed by atoms with Crippen LogP contribution in [0.5, 0.6) is 0 Å². The predicted molar refractivity (Wildman–Crippen MR) is 95.1 cm³/mol. The van der Waals surface area contributed by atoms with Crippen LogP contribution in [-0.2, 0) is 17.9 Å². The number of benzene rings is 1. The van der Waals surface area contributed by atoms with Crippen molar-refractivity contribution in [3.63, 3.8) is 0 Å². The average Bonchev–Trinajstić information content (AvgIpc) is 3.03. The number of nitrogens with zero attached hydrogens (tertiary/aromatic N) is 3. The van der Waals surface area contributed by atoms with Crippen molar-refractivity contribution in [2.45, 2.75) is 20.0 Å². The van der Waals surface area contributed by atoms with E-state index in [1.165, 1.54) is 4.90 Å². The summed E-state index contributed by atoms with van der Waals surface area (Å²) in [7, 11) is 1.62. The second-order valence-corrected chi connectivity index (χ2v) is 6.50. The van der Waals surface area contributed by atoms with Gasteiger partial charge >= 0.3 is 0 Å². The van der Waals surface area contributed by atoms with Crippen LogP contribution in [0.2, 0.25) is 0 Å². The molecule has 2 amide bonds. The standard InChI is InChI=1S/C18H23N5O2/c1-13-8-20-17-15(10-21-23(17)11-13)18(25)22(2)12-16(24)19-9-14-6-4-3-5-7-14/h3-7,10,13,20H,8-9,11-12H2,1-2H3,(H,19,24). The van der Waals surface area contributed by atoms with Crippen molar-refractivity contribution in [1.29, 1.82) is 0 Å². The number of amides is 2. The van der Waals surface area contributed by atoms with E-state index in [0.717, 1.165) is 24.5 Å². The largest absolute Gasteiger partial charge is 0.369 e. The zero-order valence-corrected chi connectivity index (χ0v) is 14.5. The third-order valence-electron chi connectivity index (χ3n) is 4.23. The van der Waals surface area contributed by atoms with Gasteiger partial charge in [0, 0.05) is 26.7 Å². The molecule has 1 aromatic carbocycles. The van der Waals surface area contributed by atoms with E-state index < -0.39 is 0 Å². The topological polar surface area (TPSA) is 79.3 Å². The first-order valence-corrected chi connectivity index (χ1v) is 8.40. The van der Waals surface area contributed by atoms with Crippen molar-refractivity contribution in [2.75, 3.05) is 25.5 Å². The lowest BCUT2D eigenvalue weighted by Gasteiger charge is -2.23. The summed E-state index contributed by atoms with van der Waals surface area (Å²) in [5, 5.41) is 10.3. The lowest BCUT2D eigenvalue weighted by molar-refractivity contribution is -0.121. The first-order chi connectivity index (χ1) is 12.0. The van der Waals surface area contributed by atoms with Crippen molar-refractivity contribution in [3.05, 3.63) is 47.7 Å². The van der Waals surface area contributed by atoms with E-state index in [1.54, 1.807) is 13.2 Å². The van der Waals surface area contributed by atoms with E-state index in [1.807, 2.05) is 35.0 Å². The fourth-order valence-electron chi connectivity index (χ4n) is 2.84. The molecule has 0 saturated heterocycles. The Hall–Kier alpha value is -2.83. The highest BCUT2D eigenvalue weighted by atomic mass is 16.2. The number of carbonyl (C=O) groups is 2. The molecule has 1 atom stereocenters. The normalized spacial score (nSPS) is 15.8. The van der Waals surface area contributed by atoms with E-state index in [0.29, 0.717) is 18.0 Å². The van der Waals surface area contributed by atoms with Crippen LogP contribution in [0.15, 0.2) is 36.5 Å². The molecule has 2 aromatic rings. The van der Waals surface area contributed by atoms with Gasteiger partial charge in [-0.2, -0.15) is 5.10 Å². The van der Waals surface area contributed by atoms with Gasteiger partial charge in [-0.1, -0.05) is 37.3 Å². The van der Waals surface area contributed by atoms with E-state index >= 15 is 0 Å². The smallest absolute Gasteiger partial charge is 0.259 e. The monoisotopic (exact) mass is 341 g/mol. The number of aromatic nitrogens is 2. The highest BCUT2D eigenvalue weighted by Crippen LogP contribution is 2.22. The molecular weight excluding hydrogens is 318 g/mol. The number of likely N-dealkylation sites (N-methyl/N-ethyl adjacent to an activating group) is 1. The Morgan fingerprint density at radius 2 is 2.12 bits per heavy atom. The minimum absolute atomic E-state index is 0.00664. The highest BCUT2D eigenvalue weighted by molar-refractivity contribution is 6.00. The van der Waals surface area contributed by atoms with Crippen LogP contribution in [0.3, 0.4) is 0 Å². The van der Waals surface area contributed by atoms with Crippen LogP contribution in [0.25, 0.3) is 0 Å². The second kappa shape index (κ2) is 7.38. The van der Waals surface area contributed by atoms with Crippen molar-refractivity contribution >= 4 is 17.6 Å². The molecule has 25 heavy (non-hydrogen) atoms. The molecule has 0 radical (unpaired) electrons. The van der Waals surface area contributed by atoms with Crippen LogP contribution >= 0.6 is 0 Å². The van der Waals surface area contributed by atoms with Gasteiger partial charge < -0.3 is 15.5 Å². The summed E-state index contributed by atoms with van der Waals surface area (Å²) in [4.78, 5) is 26.1. The number of hydrogen-bond acceptors (Lipinski definition) is 4. The Balaban J connectivity index is 1.57. The summed E-state index contributed by atoms with van der Waals surface area (Å²) in [6.45, 7) is 4.18. The average molecular weight is 341 g/mol. The highest BCUT2D eigenvalue weighted by Gasteiger charge is 2.25. The Morgan fingerprint density at radius 3 is 2.88 bits per heavy atom. The number of hydrogen-bond donors (Lipinski definition) is 2. The third-order valence-corrected chi connectivity index (χ3v) is 4.23. The molecule has 132 valence electrons. The van der Waals surface area contributed by atoms with E-state index in [-0.39, 0.29) is 18.4 Å². The zero-order chi connectivity index (χ0) is 17.8. The molecule has 2 heterocycles. The molecule has 0 aliphatic carbocycles. The van der Waals surface area contributed by atoms with Gasteiger partial charge in [0.2, 0.25) is 5.91 Å². The molecule has 1 unspecified atom stereocenters. The van der Waals surface area contributed by atoms with Crippen molar-refractivity contribution in [1.82, 2.24) is 20.0 Å². The molecule has 0 saturated carbocycles. The van der Waals surface area contributed by atoms with Gasteiger partial charge in [-0.3, -0.25) is 9.59 Å². The van der Waals surface area contributed by atoms with Gasteiger partial charge in [0.1, 0.15) is 11.4 Å². The molecule has 7 heteroatoms. The van der Waals surface area contributed by atoms with Crippen LogP contribution < -0.4 is 10.6 Å². The minimum Gasteiger partial charge on any atom is -0.369 e. The van der Waals surface area contributed by atoms with Crippen LogP contribution in [0, 0.1) is 5.92 Å². The van der Waals surface area contributed by atoms with Gasteiger partial charge in [0.15, 0.2) is 0 Å². The van der Waals surface area contributed by atoms with Gasteiger partial charge in [0.25, 0.3) is 5.91 Å². The Labute approximate surface area is 147 Å². The fourth-order valence-corrected chi connectivity index (χ4v) is 2.84. The molecule has 2 N–H and O–H groups in total. The van der Waals surface area contributed by atoms with Gasteiger partial charge in [0.05, 0.1) is 12.7 Å². The Bertz CT molecular complexity index is 756. The van der Waals surface area contributed by atoms with E-state index in [9.17, 15) is 9.59 Å². The number of fused-ring (bicyclic) bond motifs is 1. The SMILES string of the molecule is CC1CNc2c(C(=O)N(C)CC(=O)NCc3ccccc3)cnn2C1. The van der Waals surface area contributed by atoms with Gasteiger partial charge in [-0.05, 0) is 11.5 Å². The molecular formula is C18H23N5O2. The van der Waals surface area contributed by atoms with Crippen molar-refractivity contribution in [3.8, 4) is 0 Å². The fraction of sp³-hybridized carbons (Fsp3) is 0.389. The molecule has 7 nitrogen and oxygen atoms in total. The second-order valence-electron chi connectivity index (χ2n) is 6.50. The molecule has 1 aromatic heterocycles. The summed E-state index contributed by atoms with van der Waals surface area (Å²) in [6.07, 6.45) is 1.57. The Kier molecular flexibility index (Phi) is 5.02. The van der Waals surface area contributed by atoms with Crippen LogP contribution in [0.4, 0.5) is 5.82 Å². The first kappa shape index (κ1) is 17.0. The number of rotatable bonds is 5. The summed E-state index contributed by atoms with van der Waals surface area (Å²) in [5.41, 5.74) is 1.53. The van der Waals surface area contributed by atoms with E-state index in [2.05, 4.69) is 22.7 Å². The molecule has 1 aliphatic rings. The number of anilines is 1. The molecule has 1 aliphatic heterocycles. The number of carbonyl (C=O) groups excluding carboxylic acids is 2. The lowest BCUT2D eigenvalue weighted by atomic mass is 10.1. The van der Waals surface area contributed by atoms with Gasteiger partial charge in [-0.15, -0.1) is 0 Å². The summed E-state index contributed by atoms with van der Waals surface area (Å²) < 4.78 is 1.81. The quantitative estimate of drug-likeness (QED) is 0.860. The molecule has 3 rings (SSSR count). The molecule has 0 bridgehead atoms. The van der Waals surface area contributed by atoms with Crippen molar-refractivity contribution in [2.24, 2.45) is 5.92 Å². The first-order valence-electron chi connectivity index (χ1n) is 8.40. The lowest BCUT2D eigenvalue weighted by Crippen LogP contribution is -2.38. The summed E-state index contributed by atoms with van der Waals surface area (Å²) >= 11 is 0. The predicted octanol–water partition coefficient (Wildman–Crippen LogP) is 1.33. The molecule has 0 fully saturated rings. The maximum Gasteiger partial charge on any atom is 0.259 e. The van der Waals surface area contributed by atoms with Crippen LogP contribution in [0.1, 0.15) is 22.8 Å².